The highest BCUT2D eigenvalue weighted by Gasteiger charge is 2.14. The van der Waals surface area contributed by atoms with Gasteiger partial charge in [0.2, 0.25) is 5.95 Å². The standard InChI is InChI=1S/C22H19N5O2/c1-14-13-20(28)25-22(23-14)27-19(12-15(2)26-27)24-21(29)18-10-8-17(9-11-18)16-6-4-3-5-7-16/h3-13H,1-2H3,(H,24,29)(H,23,25,28). The summed E-state index contributed by atoms with van der Waals surface area (Å²) in [7, 11) is 0. The van der Waals surface area contributed by atoms with Crippen molar-refractivity contribution in [2.24, 2.45) is 0 Å². The molecule has 0 spiro atoms. The first-order valence-corrected chi connectivity index (χ1v) is 9.11. The van der Waals surface area contributed by atoms with Gasteiger partial charge in [-0.1, -0.05) is 42.5 Å². The van der Waals surface area contributed by atoms with Gasteiger partial charge in [-0.3, -0.25) is 14.6 Å². The number of anilines is 1. The first-order valence-electron chi connectivity index (χ1n) is 9.11. The van der Waals surface area contributed by atoms with Gasteiger partial charge in [-0.15, -0.1) is 0 Å². The van der Waals surface area contributed by atoms with E-state index in [1.807, 2.05) is 42.5 Å². The number of nitrogens with zero attached hydrogens (tertiary/aromatic N) is 3. The second kappa shape index (κ2) is 7.55. The van der Waals surface area contributed by atoms with Gasteiger partial charge >= 0.3 is 0 Å². The maximum absolute atomic E-state index is 12.7. The van der Waals surface area contributed by atoms with Gasteiger partial charge in [0.15, 0.2) is 0 Å². The zero-order chi connectivity index (χ0) is 20.4. The number of carbonyl (C=O) groups is 1. The molecule has 144 valence electrons. The van der Waals surface area contributed by atoms with Crippen LogP contribution in [0.15, 0.2) is 71.5 Å². The highest BCUT2D eigenvalue weighted by atomic mass is 16.1. The van der Waals surface area contributed by atoms with Crippen molar-refractivity contribution in [2.45, 2.75) is 13.8 Å². The summed E-state index contributed by atoms with van der Waals surface area (Å²) in [5, 5.41) is 7.18. The van der Waals surface area contributed by atoms with E-state index in [2.05, 4.69) is 20.4 Å². The molecule has 0 saturated carbocycles. The number of amides is 1. The van der Waals surface area contributed by atoms with Crippen molar-refractivity contribution >= 4 is 11.7 Å². The van der Waals surface area contributed by atoms with Gasteiger partial charge in [-0.2, -0.15) is 9.78 Å². The van der Waals surface area contributed by atoms with E-state index < -0.39 is 0 Å². The van der Waals surface area contributed by atoms with Crippen LogP contribution in [0.25, 0.3) is 17.1 Å². The van der Waals surface area contributed by atoms with E-state index in [1.165, 1.54) is 10.7 Å². The van der Waals surface area contributed by atoms with Gasteiger partial charge in [0, 0.05) is 23.4 Å². The Kier molecular flexibility index (Phi) is 4.78. The van der Waals surface area contributed by atoms with Gasteiger partial charge in [-0.05, 0) is 37.1 Å². The molecule has 0 unspecified atom stereocenters. The highest BCUT2D eigenvalue weighted by Crippen LogP contribution is 2.20. The Balaban J connectivity index is 1.60. The SMILES string of the molecule is Cc1cc(=O)[nH]c(-n2nc(C)cc2NC(=O)c2ccc(-c3ccccc3)cc2)n1. The minimum absolute atomic E-state index is 0.248. The summed E-state index contributed by atoms with van der Waals surface area (Å²) in [4.78, 5) is 31.5. The maximum atomic E-state index is 12.7. The molecule has 0 aliphatic heterocycles. The lowest BCUT2D eigenvalue weighted by atomic mass is 10.0. The third-order valence-corrected chi connectivity index (χ3v) is 4.39. The van der Waals surface area contributed by atoms with E-state index in [0.29, 0.717) is 22.8 Å². The van der Waals surface area contributed by atoms with Gasteiger partial charge < -0.3 is 5.32 Å². The molecule has 0 aliphatic rings. The second-order valence-electron chi connectivity index (χ2n) is 6.69. The molecule has 0 aliphatic carbocycles. The van der Waals surface area contributed by atoms with Crippen molar-refractivity contribution < 1.29 is 4.79 Å². The van der Waals surface area contributed by atoms with E-state index in [1.54, 1.807) is 32.0 Å². The van der Waals surface area contributed by atoms with E-state index in [4.69, 9.17) is 0 Å². The summed E-state index contributed by atoms with van der Waals surface area (Å²) >= 11 is 0. The highest BCUT2D eigenvalue weighted by molar-refractivity contribution is 6.04. The third kappa shape index (κ3) is 3.98. The van der Waals surface area contributed by atoms with E-state index in [-0.39, 0.29) is 17.4 Å². The minimum Gasteiger partial charge on any atom is -0.306 e. The number of aromatic amines is 1. The van der Waals surface area contributed by atoms with E-state index in [0.717, 1.165) is 11.1 Å². The Labute approximate surface area is 167 Å². The van der Waals surface area contributed by atoms with Crippen molar-refractivity contribution in [1.82, 2.24) is 19.7 Å². The lowest BCUT2D eigenvalue weighted by molar-refractivity contribution is 0.102. The molecular formula is C22H19N5O2. The minimum atomic E-state index is -0.283. The predicted octanol–water partition coefficient (Wildman–Crippen LogP) is 3.49. The van der Waals surface area contributed by atoms with Crippen LogP contribution in [0.3, 0.4) is 0 Å². The van der Waals surface area contributed by atoms with Gasteiger partial charge in [-0.25, -0.2) is 4.98 Å². The fourth-order valence-electron chi connectivity index (χ4n) is 3.05. The van der Waals surface area contributed by atoms with Crippen LogP contribution >= 0.6 is 0 Å². The van der Waals surface area contributed by atoms with Crippen LogP contribution in [0.4, 0.5) is 5.82 Å². The van der Waals surface area contributed by atoms with Gasteiger partial charge in [0.25, 0.3) is 11.5 Å². The Bertz CT molecular complexity index is 1220. The molecule has 2 aromatic carbocycles. The van der Waals surface area contributed by atoms with Crippen LogP contribution in [0.5, 0.6) is 0 Å². The molecule has 0 fully saturated rings. The number of nitrogens with one attached hydrogen (secondary N) is 2. The molecule has 2 heterocycles. The van der Waals surface area contributed by atoms with Crippen LogP contribution in [0.2, 0.25) is 0 Å². The molecule has 7 nitrogen and oxygen atoms in total. The molecule has 7 heteroatoms. The van der Waals surface area contributed by atoms with Crippen molar-refractivity contribution in [2.75, 3.05) is 5.32 Å². The smallest absolute Gasteiger partial charge is 0.256 e. The number of aryl methyl sites for hydroxylation is 2. The molecule has 0 saturated heterocycles. The Morgan fingerprint density at radius 2 is 1.62 bits per heavy atom. The van der Waals surface area contributed by atoms with Crippen molar-refractivity contribution in [1.29, 1.82) is 0 Å². The molecule has 4 aromatic rings. The molecule has 0 bridgehead atoms. The summed E-state index contributed by atoms with van der Waals surface area (Å²) < 4.78 is 1.42. The number of hydrogen-bond donors (Lipinski definition) is 2. The quantitative estimate of drug-likeness (QED) is 0.562. The van der Waals surface area contributed by atoms with E-state index in [9.17, 15) is 9.59 Å². The van der Waals surface area contributed by atoms with Crippen LogP contribution in [0, 0.1) is 13.8 Å². The number of carbonyl (C=O) groups excluding carboxylic acids is 1. The fraction of sp³-hybridized carbons (Fsp3) is 0.0909. The molecule has 29 heavy (non-hydrogen) atoms. The van der Waals surface area contributed by atoms with Crippen LogP contribution in [-0.4, -0.2) is 25.7 Å². The summed E-state index contributed by atoms with van der Waals surface area (Å²) in [5.74, 6) is 0.395. The topological polar surface area (TPSA) is 92.7 Å². The third-order valence-electron chi connectivity index (χ3n) is 4.39. The monoisotopic (exact) mass is 385 g/mol. The van der Waals surface area contributed by atoms with Crippen molar-refractivity contribution in [3.05, 3.63) is 94.0 Å². The van der Waals surface area contributed by atoms with Crippen LogP contribution in [-0.2, 0) is 0 Å². The molecule has 2 N–H and O–H groups in total. The van der Waals surface area contributed by atoms with Gasteiger partial charge in [0.05, 0.1) is 5.69 Å². The fourth-order valence-corrected chi connectivity index (χ4v) is 3.05. The number of rotatable bonds is 4. The number of H-pyrrole nitrogens is 1. The van der Waals surface area contributed by atoms with Gasteiger partial charge in [0.1, 0.15) is 5.82 Å². The molecule has 0 atom stereocenters. The number of hydrogen-bond acceptors (Lipinski definition) is 4. The summed E-state index contributed by atoms with van der Waals surface area (Å²) in [5.41, 5.74) is 3.59. The average Bonchev–Trinajstić information content (AvgIpc) is 3.08. The molecule has 2 aromatic heterocycles. The zero-order valence-corrected chi connectivity index (χ0v) is 16.0. The molecule has 0 radical (unpaired) electrons. The second-order valence-corrected chi connectivity index (χ2v) is 6.69. The summed E-state index contributed by atoms with van der Waals surface area (Å²) in [6.07, 6.45) is 0. The van der Waals surface area contributed by atoms with E-state index >= 15 is 0 Å². The Morgan fingerprint density at radius 1 is 0.931 bits per heavy atom. The van der Waals surface area contributed by atoms with Crippen LogP contribution < -0.4 is 10.9 Å². The molecular weight excluding hydrogens is 366 g/mol. The lowest BCUT2D eigenvalue weighted by Gasteiger charge is -2.09. The largest absolute Gasteiger partial charge is 0.306 e. The first-order chi connectivity index (χ1) is 14.0. The number of benzene rings is 2. The normalized spacial score (nSPS) is 10.7. The lowest BCUT2D eigenvalue weighted by Crippen LogP contribution is -2.18. The molecule has 4 rings (SSSR count). The molecule has 1 amide bonds. The Hall–Kier alpha value is -4.00. The maximum Gasteiger partial charge on any atom is 0.256 e. The van der Waals surface area contributed by atoms with Crippen molar-refractivity contribution in [3.63, 3.8) is 0 Å². The average molecular weight is 385 g/mol. The Morgan fingerprint density at radius 3 is 2.31 bits per heavy atom. The first kappa shape index (κ1) is 18.4. The zero-order valence-electron chi connectivity index (χ0n) is 16.0. The summed E-state index contributed by atoms with van der Waals surface area (Å²) in [6, 6.07) is 20.4. The predicted molar refractivity (Wildman–Crippen MR) is 111 cm³/mol. The van der Waals surface area contributed by atoms with Crippen molar-refractivity contribution in [3.8, 4) is 17.1 Å². The summed E-state index contributed by atoms with van der Waals surface area (Å²) in [6.45, 7) is 3.52. The van der Waals surface area contributed by atoms with Crippen LogP contribution in [0.1, 0.15) is 21.7 Å². The number of aromatic nitrogens is 4.